The summed E-state index contributed by atoms with van der Waals surface area (Å²) in [6.07, 6.45) is -2.70. The number of hydrogen-bond donors (Lipinski definition) is 3. The number of aryl methyl sites for hydroxylation is 1. The highest BCUT2D eigenvalue weighted by atomic mass is 19.4. The van der Waals surface area contributed by atoms with Crippen molar-refractivity contribution in [1.29, 1.82) is 0 Å². The van der Waals surface area contributed by atoms with E-state index in [4.69, 9.17) is 4.74 Å². The van der Waals surface area contributed by atoms with Gasteiger partial charge < -0.3 is 20.7 Å². The molecule has 1 fully saturated rings. The van der Waals surface area contributed by atoms with Crippen LogP contribution in [-0.2, 0) is 4.79 Å². The Kier molecular flexibility index (Phi) is 7.91. The van der Waals surface area contributed by atoms with Crippen LogP contribution in [0.5, 0.6) is 5.75 Å². The number of pyridine rings is 1. The highest BCUT2D eigenvalue weighted by Crippen LogP contribution is 2.26. The Morgan fingerprint density at radius 3 is 2.48 bits per heavy atom. The summed E-state index contributed by atoms with van der Waals surface area (Å²) in [4.78, 5) is 28.0. The van der Waals surface area contributed by atoms with Crippen molar-refractivity contribution in [1.82, 2.24) is 20.9 Å². The van der Waals surface area contributed by atoms with E-state index in [0.29, 0.717) is 12.1 Å². The van der Waals surface area contributed by atoms with Crippen molar-refractivity contribution in [3.8, 4) is 5.75 Å². The third kappa shape index (κ3) is 6.92. The summed E-state index contributed by atoms with van der Waals surface area (Å²) >= 11 is 0. The second-order valence-corrected chi connectivity index (χ2v) is 8.10. The summed E-state index contributed by atoms with van der Waals surface area (Å²) in [5.74, 6) is -2.10. The van der Waals surface area contributed by atoms with Crippen molar-refractivity contribution in [2.45, 2.75) is 51.1 Å². The van der Waals surface area contributed by atoms with Crippen molar-refractivity contribution < 1.29 is 27.5 Å². The molecule has 0 aliphatic carbocycles. The lowest BCUT2D eigenvalue weighted by molar-refractivity contribution is -0.174. The van der Waals surface area contributed by atoms with E-state index in [1.807, 2.05) is 12.2 Å². The number of ether oxygens (including phenoxy) is 1. The van der Waals surface area contributed by atoms with Gasteiger partial charge in [0.25, 0.3) is 5.91 Å². The van der Waals surface area contributed by atoms with Gasteiger partial charge in [0.05, 0.1) is 12.2 Å². The van der Waals surface area contributed by atoms with Gasteiger partial charge in [-0.2, -0.15) is 13.2 Å². The van der Waals surface area contributed by atoms with Gasteiger partial charge in [-0.1, -0.05) is 29.8 Å². The molecule has 0 unspecified atom stereocenters. The minimum absolute atomic E-state index is 0.0352. The fourth-order valence-electron chi connectivity index (χ4n) is 3.54. The quantitative estimate of drug-likeness (QED) is 0.586. The van der Waals surface area contributed by atoms with Gasteiger partial charge in [0, 0.05) is 12.6 Å². The summed E-state index contributed by atoms with van der Waals surface area (Å²) in [5, 5.41) is 8.09. The zero-order valence-electron chi connectivity index (χ0n) is 18.4. The number of carbonyl (C=O) groups excluding carboxylic acids is 2. The monoisotopic (exact) mass is 464 g/mol. The van der Waals surface area contributed by atoms with Gasteiger partial charge in [-0.25, -0.2) is 4.98 Å². The van der Waals surface area contributed by atoms with Crippen molar-refractivity contribution in [2.24, 2.45) is 0 Å². The molecular weight excluding hydrogens is 437 g/mol. The van der Waals surface area contributed by atoms with Crippen LogP contribution in [0.4, 0.5) is 13.2 Å². The maximum atomic E-state index is 12.7. The van der Waals surface area contributed by atoms with E-state index >= 15 is 0 Å². The Morgan fingerprint density at radius 2 is 1.91 bits per heavy atom. The fourth-order valence-corrected chi connectivity index (χ4v) is 3.54. The minimum atomic E-state index is -5.00. The Morgan fingerprint density at radius 1 is 1.18 bits per heavy atom. The molecule has 1 saturated heterocycles. The van der Waals surface area contributed by atoms with Crippen LogP contribution in [-0.4, -0.2) is 48.1 Å². The highest BCUT2D eigenvalue weighted by molar-refractivity contribution is 5.92. The maximum Gasteiger partial charge on any atom is 0.471 e. The van der Waals surface area contributed by atoms with Crippen molar-refractivity contribution in [3.05, 3.63) is 59.4 Å². The predicted octanol–water partition coefficient (Wildman–Crippen LogP) is 3.06. The highest BCUT2D eigenvalue weighted by Gasteiger charge is 2.40. The number of alkyl halides is 3. The molecule has 0 radical (unpaired) electrons. The molecule has 3 atom stereocenters. The van der Waals surface area contributed by atoms with Crippen molar-refractivity contribution in [2.75, 3.05) is 13.1 Å². The number of nitrogens with zero attached hydrogens (tertiary/aromatic N) is 1. The molecule has 1 aliphatic heterocycles. The molecule has 1 aliphatic rings. The molecule has 0 saturated carbocycles. The molecule has 2 amide bonds. The second kappa shape index (κ2) is 10.7. The third-order valence-corrected chi connectivity index (χ3v) is 5.34. The number of aromatic nitrogens is 1. The standard InChI is InChI=1S/C23H27F3N4O3/c1-14-5-7-16(8-6-14)20(15(2)29-22(32)23(24,25)26)33-18-9-10-19(28-13-18)21(31)30-17-4-3-11-27-12-17/h5-10,13,15,17,20,27H,3-4,11-12H2,1-2H3,(H,29,32)(H,30,31)/t15-,17-,20+/m0/s1. The molecule has 2 aromatic rings. The summed E-state index contributed by atoms with van der Waals surface area (Å²) in [6.45, 7) is 4.94. The molecule has 2 heterocycles. The summed E-state index contributed by atoms with van der Waals surface area (Å²) in [7, 11) is 0. The first-order valence-corrected chi connectivity index (χ1v) is 10.7. The third-order valence-electron chi connectivity index (χ3n) is 5.34. The van der Waals surface area contributed by atoms with Crippen LogP contribution in [0.15, 0.2) is 42.6 Å². The van der Waals surface area contributed by atoms with E-state index in [1.165, 1.54) is 25.3 Å². The Labute approximate surface area is 190 Å². The Bertz CT molecular complexity index is 943. The number of hydrogen-bond acceptors (Lipinski definition) is 5. The van der Waals surface area contributed by atoms with Crippen molar-refractivity contribution in [3.63, 3.8) is 0 Å². The van der Waals surface area contributed by atoms with Gasteiger partial charge in [-0.05, 0) is 50.9 Å². The normalized spacial score (nSPS) is 18.2. The zero-order valence-corrected chi connectivity index (χ0v) is 18.4. The van der Waals surface area contributed by atoms with Crippen LogP contribution in [0.1, 0.15) is 47.5 Å². The van der Waals surface area contributed by atoms with Gasteiger partial charge in [0.2, 0.25) is 0 Å². The van der Waals surface area contributed by atoms with Crippen LogP contribution >= 0.6 is 0 Å². The fraction of sp³-hybridized carbons (Fsp3) is 0.435. The SMILES string of the molecule is Cc1ccc([C@H](Oc2ccc(C(=O)N[C@H]3CCCNC3)nc2)[C@H](C)NC(=O)C(F)(F)F)cc1. The molecule has 10 heteroatoms. The molecule has 0 bridgehead atoms. The minimum Gasteiger partial charge on any atom is -0.482 e. The molecule has 7 nitrogen and oxygen atoms in total. The Balaban J connectivity index is 1.72. The molecule has 1 aromatic heterocycles. The second-order valence-electron chi connectivity index (χ2n) is 8.10. The first kappa shape index (κ1) is 24.5. The van der Waals surface area contributed by atoms with Gasteiger partial charge in [-0.3, -0.25) is 9.59 Å². The number of halogens is 3. The predicted molar refractivity (Wildman–Crippen MR) is 116 cm³/mol. The summed E-state index contributed by atoms with van der Waals surface area (Å²) in [5.41, 5.74) is 1.76. The molecule has 33 heavy (non-hydrogen) atoms. The molecule has 3 rings (SSSR count). The summed E-state index contributed by atoms with van der Waals surface area (Å²) < 4.78 is 44.1. The maximum absolute atomic E-state index is 12.7. The summed E-state index contributed by atoms with van der Waals surface area (Å²) in [6, 6.07) is 9.11. The largest absolute Gasteiger partial charge is 0.482 e. The lowest BCUT2D eigenvalue weighted by Crippen LogP contribution is -2.45. The van der Waals surface area contributed by atoms with Gasteiger partial charge in [0.15, 0.2) is 0 Å². The van der Waals surface area contributed by atoms with Gasteiger partial charge in [-0.15, -0.1) is 0 Å². The average molecular weight is 464 g/mol. The van der Waals surface area contributed by atoms with Crippen LogP contribution in [0.25, 0.3) is 0 Å². The number of piperidine rings is 1. The molecule has 3 N–H and O–H groups in total. The van der Waals surface area contributed by atoms with E-state index in [9.17, 15) is 22.8 Å². The van der Waals surface area contributed by atoms with E-state index in [1.54, 1.807) is 24.3 Å². The van der Waals surface area contributed by atoms with E-state index in [0.717, 1.165) is 24.9 Å². The first-order chi connectivity index (χ1) is 15.6. The number of carbonyl (C=O) groups is 2. The molecular formula is C23H27F3N4O3. The average Bonchev–Trinajstić information content (AvgIpc) is 2.78. The van der Waals surface area contributed by atoms with Crippen LogP contribution in [0.2, 0.25) is 0 Å². The number of nitrogens with one attached hydrogen (secondary N) is 3. The van der Waals surface area contributed by atoms with Crippen LogP contribution < -0.4 is 20.7 Å². The Hall–Kier alpha value is -3.14. The van der Waals surface area contributed by atoms with E-state index in [-0.39, 0.29) is 23.4 Å². The van der Waals surface area contributed by atoms with Gasteiger partial charge >= 0.3 is 12.1 Å². The first-order valence-electron chi connectivity index (χ1n) is 10.7. The van der Waals surface area contributed by atoms with E-state index < -0.39 is 24.2 Å². The molecule has 178 valence electrons. The van der Waals surface area contributed by atoms with Crippen LogP contribution in [0, 0.1) is 6.92 Å². The molecule has 1 aromatic carbocycles. The zero-order chi connectivity index (χ0) is 24.0. The lowest BCUT2D eigenvalue weighted by atomic mass is 10.0. The number of benzene rings is 1. The number of rotatable bonds is 7. The topological polar surface area (TPSA) is 92.3 Å². The smallest absolute Gasteiger partial charge is 0.471 e. The van der Waals surface area contributed by atoms with Crippen molar-refractivity contribution >= 4 is 11.8 Å². The van der Waals surface area contributed by atoms with E-state index in [2.05, 4.69) is 15.6 Å². The molecule has 0 spiro atoms. The lowest BCUT2D eigenvalue weighted by Gasteiger charge is -2.27. The van der Waals surface area contributed by atoms with Crippen LogP contribution in [0.3, 0.4) is 0 Å². The van der Waals surface area contributed by atoms with Gasteiger partial charge in [0.1, 0.15) is 17.5 Å². The number of amides is 2.